The van der Waals surface area contributed by atoms with E-state index >= 15 is 0 Å². The van der Waals surface area contributed by atoms with E-state index in [2.05, 4.69) is 28.9 Å². The molecule has 0 saturated carbocycles. The summed E-state index contributed by atoms with van der Waals surface area (Å²) in [5, 5.41) is 6.02. The number of urea groups is 1. The highest BCUT2D eigenvalue weighted by atomic mass is 32.2. The van der Waals surface area contributed by atoms with Crippen molar-refractivity contribution in [2.75, 3.05) is 15.5 Å². The lowest BCUT2D eigenvalue weighted by molar-refractivity contribution is -0.115. The third kappa shape index (κ3) is 5.48. The summed E-state index contributed by atoms with van der Waals surface area (Å²) in [6.45, 7) is 5.88. The van der Waals surface area contributed by atoms with E-state index in [9.17, 15) is 9.59 Å². The van der Waals surface area contributed by atoms with E-state index in [1.807, 2.05) is 98.5 Å². The summed E-state index contributed by atoms with van der Waals surface area (Å²) in [7, 11) is 0. The number of hydrogen-bond donors (Lipinski definition) is 2. The minimum absolute atomic E-state index is 0.0533. The molecule has 0 fully saturated rings. The van der Waals surface area contributed by atoms with Crippen LogP contribution in [0.5, 0.6) is 0 Å². The van der Waals surface area contributed by atoms with Crippen molar-refractivity contribution < 1.29 is 9.59 Å². The molecular weight excluding hydrogens is 498 g/mol. The van der Waals surface area contributed by atoms with Gasteiger partial charge in [0.2, 0.25) is 5.91 Å². The van der Waals surface area contributed by atoms with Crippen LogP contribution >= 0.6 is 23.5 Å². The maximum atomic E-state index is 13.6. The molecule has 0 radical (unpaired) electrons. The molecule has 3 aromatic carbocycles. The molecule has 1 aliphatic heterocycles. The first-order valence-corrected chi connectivity index (χ1v) is 14.0. The normalized spacial score (nSPS) is 18.5. The number of allylic oxidation sites excluding steroid dienone is 2. The zero-order valence-corrected chi connectivity index (χ0v) is 22.6. The molecule has 3 unspecified atom stereocenters. The molecule has 188 valence electrons. The highest BCUT2D eigenvalue weighted by Gasteiger charge is 2.36. The van der Waals surface area contributed by atoms with Gasteiger partial charge in [0.15, 0.2) is 0 Å². The van der Waals surface area contributed by atoms with Gasteiger partial charge in [0.25, 0.3) is 0 Å². The fourth-order valence-corrected chi connectivity index (χ4v) is 6.73. The number of thioether (sulfide) groups is 2. The maximum absolute atomic E-state index is 13.6. The summed E-state index contributed by atoms with van der Waals surface area (Å²) < 4.78 is 0. The Kier molecular flexibility index (Phi) is 7.44. The summed E-state index contributed by atoms with van der Waals surface area (Å²) in [6.07, 6.45) is 8.26. The summed E-state index contributed by atoms with van der Waals surface area (Å²) in [6, 6.07) is 21.4. The predicted molar refractivity (Wildman–Crippen MR) is 156 cm³/mol. The third-order valence-electron chi connectivity index (χ3n) is 6.46. The Morgan fingerprint density at radius 3 is 2.46 bits per heavy atom. The smallest absolute Gasteiger partial charge is 0.325 e. The molecule has 0 spiro atoms. The second-order valence-corrected chi connectivity index (χ2v) is 11.8. The van der Waals surface area contributed by atoms with Crippen LogP contribution in [-0.2, 0) is 4.79 Å². The molecule has 1 aliphatic carbocycles. The molecular formula is C30H29N3O2S2. The van der Waals surface area contributed by atoms with Crippen LogP contribution in [0.2, 0.25) is 0 Å². The SMILES string of the molecule is Cc1cccc(C)c1NC(=O)C(C)Sc1cccc(NC(=O)N2c3ccccc3SC3C=CC=CC32)c1. The number of carbonyl (C=O) groups is 2. The number of para-hydroxylation sites is 2. The Balaban J connectivity index is 1.29. The summed E-state index contributed by atoms with van der Waals surface area (Å²) >= 11 is 3.25. The molecule has 5 nitrogen and oxygen atoms in total. The minimum Gasteiger partial charge on any atom is -0.325 e. The van der Waals surface area contributed by atoms with Crippen LogP contribution < -0.4 is 15.5 Å². The monoisotopic (exact) mass is 527 g/mol. The molecule has 0 aromatic heterocycles. The van der Waals surface area contributed by atoms with Crippen molar-refractivity contribution in [1.29, 1.82) is 0 Å². The van der Waals surface area contributed by atoms with Crippen LogP contribution in [0.4, 0.5) is 21.9 Å². The zero-order chi connectivity index (χ0) is 25.9. The van der Waals surface area contributed by atoms with Crippen molar-refractivity contribution in [2.45, 2.75) is 47.1 Å². The molecule has 1 heterocycles. The summed E-state index contributed by atoms with van der Waals surface area (Å²) in [5.41, 5.74) is 4.55. The van der Waals surface area contributed by atoms with E-state index in [1.54, 1.807) is 11.8 Å². The first-order chi connectivity index (χ1) is 17.9. The van der Waals surface area contributed by atoms with Gasteiger partial charge in [-0.25, -0.2) is 4.79 Å². The quantitative estimate of drug-likeness (QED) is 0.339. The lowest BCUT2D eigenvalue weighted by atomic mass is 10.1. The molecule has 3 atom stereocenters. The van der Waals surface area contributed by atoms with Gasteiger partial charge in [-0.2, -0.15) is 0 Å². The van der Waals surface area contributed by atoms with Gasteiger partial charge in [0.05, 0.1) is 22.2 Å². The van der Waals surface area contributed by atoms with E-state index in [0.717, 1.165) is 32.3 Å². The van der Waals surface area contributed by atoms with Gasteiger partial charge in [-0.1, -0.05) is 60.7 Å². The van der Waals surface area contributed by atoms with E-state index in [1.165, 1.54) is 11.8 Å². The summed E-state index contributed by atoms with van der Waals surface area (Å²) in [5.74, 6) is -0.0533. The van der Waals surface area contributed by atoms with Gasteiger partial charge in [-0.15, -0.1) is 23.5 Å². The Morgan fingerprint density at radius 1 is 0.919 bits per heavy atom. The van der Waals surface area contributed by atoms with Crippen molar-refractivity contribution in [2.24, 2.45) is 0 Å². The van der Waals surface area contributed by atoms with E-state index in [-0.39, 0.29) is 28.5 Å². The van der Waals surface area contributed by atoms with Crippen molar-refractivity contribution in [3.63, 3.8) is 0 Å². The van der Waals surface area contributed by atoms with Gasteiger partial charge < -0.3 is 10.6 Å². The molecule has 2 aliphatic rings. The molecule has 3 amide bonds. The van der Waals surface area contributed by atoms with Gasteiger partial charge in [-0.3, -0.25) is 9.69 Å². The highest BCUT2D eigenvalue weighted by molar-refractivity contribution is 8.00. The molecule has 3 aromatic rings. The number of nitrogens with one attached hydrogen (secondary N) is 2. The van der Waals surface area contributed by atoms with Crippen LogP contribution in [0.25, 0.3) is 0 Å². The number of anilines is 3. The lowest BCUT2D eigenvalue weighted by Crippen LogP contribution is -2.49. The van der Waals surface area contributed by atoms with Gasteiger partial charge in [-0.05, 0) is 62.2 Å². The van der Waals surface area contributed by atoms with E-state index in [0.29, 0.717) is 5.69 Å². The number of carbonyl (C=O) groups excluding carboxylic acids is 2. The largest absolute Gasteiger partial charge is 0.326 e. The maximum Gasteiger partial charge on any atom is 0.326 e. The van der Waals surface area contributed by atoms with Gasteiger partial charge in [0.1, 0.15) is 0 Å². The van der Waals surface area contributed by atoms with Crippen LogP contribution in [0.1, 0.15) is 18.1 Å². The molecule has 2 N–H and O–H groups in total. The van der Waals surface area contributed by atoms with Gasteiger partial charge >= 0.3 is 6.03 Å². The Morgan fingerprint density at radius 2 is 1.65 bits per heavy atom. The molecule has 0 bridgehead atoms. The van der Waals surface area contributed by atoms with Gasteiger partial charge in [0, 0.05) is 21.2 Å². The number of amides is 3. The number of benzene rings is 3. The van der Waals surface area contributed by atoms with Crippen LogP contribution in [0.15, 0.2) is 101 Å². The highest BCUT2D eigenvalue weighted by Crippen LogP contribution is 2.43. The second-order valence-electron chi connectivity index (χ2n) is 9.15. The van der Waals surface area contributed by atoms with Crippen molar-refractivity contribution in [3.05, 3.63) is 102 Å². The van der Waals surface area contributed by atoms with Crippen molar-refractivity contribution in [1.82, 2.24) is 0 Å². The fraction of sp³-hybridized carbons (Fsp3) is 0.200. The molecule has 7 heteroatoms. The van der Waals surface area contributed by atoms with Crippen LogP contribution in [0, 0.1) is 13.8 Å². The van der Waals surface area contributed by atoms with Crippen molar-refractivity contribution in [3.8, 4) is 0 Å². The topological polar surface area (TPSA) is 61.4 Å². The number of fused-ring (bicyclic) bond motifs is 2. The lowest BCUT2D eigenvalue weighted by Gasteiger charge is -2.40. The molecule has 0 saturated heterocycles. The first-order valence-electron chi connectivity index (χ1n) is 12.3. The Bertz CT molecular complexity index is 1380. The van der Waals surface area contributed by atoms with E-state index in [4.69, 9.17) is 0 Å². The first kappa shape index (κ1) is 25.2. The average molecular weight is 528 g/mol. The predicted octanol–water partition coefficient (Wildman–Crippen LogP) is 7.43. The number of nitrogens with zero attached hydrogens (tertiary/aromatic N) is 1. The minimum atomic E-state index is -0.309. The summed E-state index contributed by atoms with van der Waals surface area (Å²) in [4.78, 5) is 30.3. The third-order valence-corrected chi connectivity index (χ3v) is 8.86. The number of hydrogen-bond acceptors (Lipinski definition) is 4. The van der Waals surface area contributed by atoms with E-state index < -0.39 is 0 Å². The van der Waals surface area contributed by atoms with Crippen LogP contribution in [0.3, 0.4) is 0 Å². The molecule has 37 heavy (non-hydrogen) atoms. The standard InChI is InChI=1S/C30H29N3O2S2/c1-19-10-8-11-20(2)28(19)32-29(34)21(3)36-23-13-9-12-22(18-23)31-30(35)33-24-14-4-6-16-26(24)37-27-17-7-5-15-25(27)33/h4-18,21,24,26H,1-3H3,(H,31,35)(H,32,34). The zero-order valence-electron chi connectivity index (χ0n) is 21.0. The number of aryl methyl sites for hydroxylation is 2. The Labute approximate surface area is 226 Å². The Hall–Kier alpha value is -3.42. The van der Waals surface area contributed by atoms with Crippen molar-refractivity contribution >= 4 is 52.5 Å². The second kappa shape index (κ2) is 10.9. The number of rotatable bonds is 5. The molecule has 5 rings (SSSR count). The van der Waals surface area contributed by atoms with Crippen LogP contribution in [-0.4, -0.2) is 28.5 Å². The average Bonchev–Trinajstić information content (AvgIpc) is 2.89. The fourth-order valence-electron chi connectivity index (χ4n) is 4.55.